The van der Waals surface area contributed by atoms with E-state index in [-0.39, 0.29) is 47.5 Å². The number of aromatic nitrogens is 6. The molecule has 2 N–H and O–H groups in total. The number of carbonyl (C=O) groups is 3. The molecule has 0 aliphatic carbocycles. The lowest BCUT2D eigenvalue weighted by Gasteiger charge is -2.40. The third kappa shape index (κ3) is 21.3. The molecular formula is C72H66N6O21P2Si+2. The van der Waals surface area contributed by atoms with E-state index in [2.05, 4.69) is 134 Å². The normalized spacial score (nSPS) is 20.1. The number of esters is 1. The summed E-state index contributed by atoms with van der Waals surface area (Å²) in [5, 5.41) is -0.561. The maximum Gasteiger partial charge on any atom is 0.697 e. The predicted octanol–water partition coefficient (Wildman–Crippen LogP) is 4.71. The monoisotopic (exact) mass is 1440 g/mol. The van der Waals surface area contributed by atoms with E-state index >= 15 is 0 Å². The Kier molecular flexibility index (Phi) is 28.0. The van der Waals surface area contributed by atoms with Crippen LogP contribution < -0.4 is 38.5 Å². The van der Waals surface area contributed by atoms with Crippen molar-refractivity contribution in [3.8, 4) is 137 Å². The highest BCUT2D eigenvalue weighted by molar-refractivity contribution is 7.33. The number of nitrogens with zero attached hydrogens (tertiary/aromatic N) is 4. The predicted molar refractivity (Wildman–Crippen MR) is 370 cm³/mol. The lowest BCUT2D eigenvalue weighted by Crippen LogP contribution is -2.51. The zero-order valence-corrected chi connectivity index (χ0v) is 59.8. The molecule has 1 aromatic carbocycles. The third-order valence-corrected chi connectivity index (χ3v) is 22.1. The largest absolute Gasteiger partial charge is 0.697 e. The second-order valence-electron chi connectivity index (χ2n) is 24.1. The molecule has 6 heterocycles. The second kappa shape index (κ2) is 36.5. The summed E-state index contributed by atoms with van der Waals surface area (Å²) in [6.45, 7) is 17.5. The molecule has 3 aliphatic heterocycles. The molecule has 0 amide bonds. The van der Waals surface area contributed by atoms with E-state index < -0.39 is 157 Å². The van der Waals surface area contributed by atoms with Crippen LogP contribution in [0.1, 0.15) is 118 Å². The second-order valence-corrected chi connectivity index (χ2v) is 30.7. The zero-order valence-electron chi connectivity index (χ0n) is 57.0. The Bertz CT molecular complexity index is 5140. The van der Waals surface area contributed by atoms with Crippen LogP contribution in [0.15, 0.2) is 65.6 Å². The van der Waals surface area contributed by atoms with Gasteiger partial charge in [-0.2, -0.15) is 4.57 Å². The smallest absolute Gasteiger partial charge is 0.457 e. The van der Waals surface area contributed by atoms with Gasteiger partial charge in [-0.3, -0.25) is 47.6 Å². The van der Waals surface area contributed by atoms with Gasteiger partial charge in [0, 0.05) is 141 Å². The summed E-state index contributed by atoms with van der Waals surface area (Å²) in [5.41, 5.74) is -3.86. The summed E-state index contributed by atoms with van der Waals surface area (Å²) in [6, 6.07) is 3.65. The molecule has 0 saturated carbocycles. The van der Waals surface area contributed by atoms with Crippen LogP contribution in [0, 0.1) is 159 Å². The van der Waals surface area contributed by atoms with Crippen LogP contribution in [0.3, 0.4) is 0 Å². The molecule has 12 atom stereocenters. The van der Waals surface area contributed by atoms with E-state index in [0.29, 0.717) is 22.1 Å². The van der Waals surface area contributed by atoms with Crippen LogP contribution in [-0.2, 0) is 60.2 Å². The molecule has 30 heteroatoms. The van der Waals surface area contributed by atoms with Gasteiger partial charge in [-0.1, -0.05) is 27.7 Å². The van der Waals surface area contributed by atoms with E-state index in [1.54, 1.807) is 20.8 Å². The molecule has 5 unspecified atom stereocenters. The minimum Gasteiger partial charge on any atom is -0.457 e. The standard InChI is InChI=1S/C72H64N6O21P2Si/c1-13-15-16-17-18-19-20-21-22-23-24-25-26-27-28-29-30-31-32-33-38-90-54-40-52(39-47(3)51(54)7)67(84)78-59(80)36-37-75(71(78)87)68-64(99-102(11,12)72(8,9)10)63(96-62(81)35-34-50(6)79)58(95-68)46-92-101(89)98-56-42-61(77-44-49(5)66(83)74-70(77)86)94-57(56)45-91-100(88)97-55-41-60(93-53(55)14-2)76-43-48(4)65(82)73-69(76)85/h1,36-37,39-40,43-44,53,55-58,60-61,63-64,68H,14,34-35,41-42,45-46H2,2-12H3/p+2/t53-,55?,56?,57-,58-,60-,61-,63?,64+,68-/m1/s1. The van der Waals surface area contributed by atoms with E-state index in [4.69, 9.17) is 52.6 Å². The first-order valence-electron chi connectivity index (χ1n) is 31.2. The Balaban J connectivity index is 1.11. The number of terminal acetylenes is 1. The number of nitrogens with one attached hydrogen (secondary N) is 2. The van der Waals surface area contributed by atoms with Gasteiger partial charge in [0.1, 0.15) is 73.8 Å². The van der Waals surface area contributed by atoms with Gasteiger partial charge in [-0.25, -0.2) is 14.4 Å². The van der Waals surface area contributed by atoms with Gasteiger partial charge in [0.25, 0.3) is 22.6 Å². The topological polar surface area (TPSA) is 331 Å². The van der Waals surface area contributed by atoms with Crippen molar-refractivity contribution < 1.29 is 69.7 Å². The van der Waals surface area contributed by atoms with Gasteiger partial charge in [-0.15, -0.1) is 24.5 Å². The van der Waals surface area contributed by atoms with Crippen LogP contribution in [-0.4, -0.2) is 110 Å². The number of ether oxygens (including phenoxy) is 5. The minimum atomic E-state index is -3.29. The summed E-state index contributed by atoms with van der Waals surface area (Å²) >= 11 is 0. The van der Waals surface area contributed by atoms with E-state index in [1.807, 2.05) is 33.9 Å². The highest BCUT2D eigenvalue weighted by atomic mass is 31.1. The van der Waals surface area contributed by atoms with Crippen LogP contribution in [0.5, 0.6) is 5.75 Å². The Labute approximate surface area is 588 Å². The fraction of sp³-hybridized carbons (Fsp3) is 0.403. The molecule has 3 aliphatic rings. The average molecular weight is 1440 g/mol. The Morgan fingerprint density at radius 2 is 1.12 bits per heavy atom. The summed E-state index contributed by atoms with van der Waals surface area (Å²) in [6.07, 6.45) is -1.68. The fourth-order valence-electron chi connectivity index (χ4n) is 9.70. The molecule has 27 nitrogen and oxygen atoms in total. The summed E-state index contributed by atoms with van der Waals surface area (Å²) in [4.78, 5) is 124. The number of rotatable bonds is 22. The van der Waals surface area contributed by atoms with Crippen molar-refractivity contribution in [1.29, 1.82) is 0 Å². The molecule has 0 radical (unpaired) electrons. The van der Waals surface area contributed by atoms with Gasteiger partial charge in [-0.05, 0) is 130 Å². The molecule has 3 aromatic heterocycles. The van der Waals surface area contributed by atoms with Gasteiger partial charge in [0.15, 0.2) is 20.6 Å². The summed E-state index contributed by atoms with van der Waals surface area (Å²) in [5.74, 6) is 46.7. The molecule has 0 spiro atoms. The van der Waals surface area contributed by atoms with Crippen LogP contribution >= 0.6 is 16.5 Å². The number of aryl methyl sites for hydroxylation is 3. The first-order chi connectivity index (χ1) is 48.5. The van der Waals surface area contributed by atoms with Crippen molar-refractivity contribution in [3.63, 3.8) is 0 Å². The van der Waals surface area contributed by atoms with Crippen LogP contribution in [0.25, 0.3) is 0 Å². The average Bonchev–Trinajstić information content (AvgIpc) is 1.53. The summed E-state index contributed by atoms with van der Waals surface area (Å²) < 4.78 is 92.1. The number of hydrogen-bond acceptors (Lipinski definition) is 21. The van der Waals surface area contributed by atoms with Crippen LogP contribution in [0.4, 0.5) is 0 Å². The molecule has 102 heavy (non-hydrogen) atoms. The molecular weight excluding hydrogens is 1370 g/mol. The molecule has 0 bridgehead atoms. The number of Topliss-reactive ketones (excluding diaryl/α,β-unsaturated/α-hetero) is 1. The highest BCUT2D eigenvalue weighted by Crippen LogP contribution is 2.45. The van der Waals surface area contributed by atoms with Crippen molar-refractivity contribution in [2.45, 2.75) is 174 Å². The fourth-order valence-corrected chi connectivity index (χ4v) is 12.5. The number of aromatic amines is 2. The first kappa shape index (κ1) is 78.5. The van der Waals surface area contributed by atoms with Crippen molar-refractivity contribution >= 4 is 42.5 Å². The highest BCUT2D eigenvalue weighted by Gasteiger charge is 2.55. The molecule has 7 rings (SSSR count). The Hall–Kier alpha value is -10.9. The molecule has 4 aromatic rings. The lowest BCUT2D eigenvalue weighted by molar-refractivity contribution is -0.156. The Morgan fingerprint density at radius 3 is 1.61 bits per heavy atom. The van der Waals surface area contributed by atoms with Crippen molar-refractivity contribution in [2.75, 3.05) is 13.2 Å². The minimum absolute atomic E-state index is 0.0292. The van der Waals surface area contributed by atoms with Gasteiger partial charge >= 0.3 is 39.5 Å². The van der Waals surface area contributed by atoms with Crippen molar-refractivity contribution in [1.82, 2.24) is 28.2 Å². The zero-order chi connectivity index (χ0) is 74.4. The number of benzene rings is 1. The van der Waals surface area contributed by atoms with Gasteiger partial charge in [0.05, 0.1) is 12.5 Å². The molecule has 522 valence electrons. The lowest BCUT2D eigenvalue weighted by atomic mass is 10.0. The van der Waals surface area contributed by atoms with Crippen molar-refractivity contribution in [3.05, 3.63) is 127 Å². The summed E-state index contributed by atoms with van der Waals surface area (Å²) in [7, 11) is -9.33. The molecule has 3 fully saturated rings. The third-order valence-electron chi connectivity index (χ3n) is 16.0. The number of H-pyrrole nitrogens is 2. The number of ketones is 1. The van der Waals surface area contributed by atoms with E-state index in [1.165, 1.54) is 49.9 Å². The SMILES string of the molecule is C#CC#CC#CC#CC#CC#CC#CC#CC#CC#CC#COc1cc(C(=O)n2c(=O)ccn([C@@H]3O[C@H](CO[P+](=O)OC4C[C@H](n5cc(C)c(=O)[nH]c5=O)O[C@@H]4CO[P+](=O)OC4C[C@H](n5cc(C)c(=O)[nH]c5=O)O[C@@H]4CC)C(OC(=O)CCC(C)=O)[C@@H]3O[Si](C)(C)C(C)(C)C)c2=O)cc(C)c1C. The Morgan fingerprint density at radius 1 is 0.637 bits per heavy atom. The molecule has 3 saturated heterocycles. The van der Waals surface area contributed by atoms with Gasteiger partial charge in [0.2, 0.25) is 0 Å². The quantitative estimate of drug-likeness (QED) is 0.0466. The first-order valence-corrected chi connectivity index (χ1v) is 36.3. The van der Waals surface area contributed by atoms with Crippen molar-refractivity contribution in [2.24, 2.45) is 0 Å². The maximum atomic E-state index is 14.9. The van der Waals surface area contributed by atoms with E-state index in [9.17, 15) is 52.3 Å². The number of carbonyl (C=O) groups excluding carboxylic acids is 3. The number of hydrogen-bond donors (Lipinski definition) is 2. The van der Waals surface area contributed by atoms with E-state index in [0.717, 1.165) is 21.4 Å². The van der Waals surface area contributed by atoms with Gasteiger partial charge < -0.3 is 32.9 Å². The van der Waals surface area contributed by atoms with Crippen LogP contribution in [0.2, 0.25) is 18.1 Å². The maximum absolute atomic E-state index is 14.9.